The van der Waals surface area contributed by atoms with Gasteiger partial charge in [-0.05, 0) is 55.9 Å². The standard InChI is InChI=1S/C18H20N2O2S/c1-13(2)22-18(23)20-16-10-6-7-14(11-16)12-17(21)19-15-8-4-3-5-9-15/h3-11,13H,12H2,1-2H3,(H,19,21)(H,20,23). The molecule has 1 amide bonds. The van der Waals surface area contributed by atoms with Crippen molar-refractivity contribution in [2.75, 3.05) is 10.6 Å². The second-order valence-electron chi connectivity index (χ2n) is 5.37. The summed E-state index contributed by atoms with van der Waals surface area (Å²) in [6.07, 6.45) is 0.317. The Morgan fingerprint density at radius 2 is 1.74 bits per heavy atom. The molecule has 0 saturated heterocycles. The van der Waals surface area contributed by atoms with E-state index in [0.29, 0.717) is 11.6 Å². The van der Waals surface area contributed by atoms with Gasteiger partial charge in [0.05, 0.1) is 12.5 Å². The minimum Gasteiger partial charge on any atom is -0.468 e. The Morgan fingerprint density at radius 3 is 2.43 bits per heavy atom. The molecule has 0 aliphatic rings. The van der Waals surface area contributed by atoms with Gasteiger partial charge in [-0.25, -0.2) is 0 Å². The molecule has 0 saturated carbocycles. The molecule has 0 aliphatic heterocycles. The van der Waals surface area contributed by atoms with Gasteiger partial charge >= 0.3 is 0 Å². The van der Waals surface area contributed by atoms with Gasteiger partial charge in [-0.1, -0.05) is 30.3 Å². The molecule has 0 fully saturated rings. The van der Waals surface area contributed by atoms with Crippen molar-refractivity contribution in [2.24, 2.45) is 0 Å². The van der Waals surface area contributed by atoms with Crippen molar-refractivity contribution in [2.45, 2.75) is 26.4 Å². The van der Waals surface area contributed by atoms with Crippen LogP contribution in [0.25, 0.3) is 0 Å². The second-order valence-corrected chi connectivity index (χ2v) is 5.74. The summed E-state index contributed by atoms with van der Waals surface area (Å²) in [5, 5.41) is 6.21. The van der Waals surface area contributed by atoms with Crippen LogP contribution < -0.4 is 10.6 Å². The lowest BCUT2D eigenvalue weighted by Gasteiger charge is -2.13. The van der Waals surface area contributed by atoms with Crippen molar-refractivity contribution in [3.8, 4) is 0 Å². The molecule has 2 N–H and O–H groups in total. The van der Waals surface area contributed by atoms with Gasteiger partial charge in [-0.15, -0.1) is 0 Å². The van der Waals surface area contributed by atoms with E-state index in [1.807, 2.05) is 68.4 Å². The van der Waals surface area contributed by atoms with Crippen LogP contribution in [0, 0.1) is 0 Å². The number of hydrogen-bond acceptors (Lipinski definition) is 3. The Hall–Kier alpha value is -2.40. The molecule has 0 atom stereocenters. The third-order valence-corrected chi connectivity index (χ3v) is 3.14. The molecule has 0 aromatic heterocycles. The van der Waals surface area contributed by atoms with Crippen LogP contribution in [0.4, 0.5) is 11.4 Å². The van der Waals surface area contributed by atoms with Crippen LogP contribution >= 0.6 is 12.2 Å². The largest absolute Gasteiger partial charge is 0.468 e. The third kappa shape index (κ3) is 6.08. The highest BCUT2D eigenvalue weighted by atomic mass is 32.1. The van der Waals surface area contributed by atoms with Gasteiger partial charge < -0.3 is 15.4 Å². The fraction of sp³-hybridized carbons (Fsp3) is 0.222. The maximum atomic E-state index is 12.1. The fourth-order valence-electron chi connectivity index (χ4n) is 2.03. The van der Waals surface area contributed by atoms with E-state index in [9.17, 15) is 4.79 Å². The number of anilines is 2. The first-order chi connectivity index (χ1) is 11.0. The lowest BCUT2D eigenvalue weighted by molar-refractivity contribution is -0.115. The van der Waals surface area contributed by atoms with Crippen molar-refractivity contribution in [1.29, 1.82) is 0 Å². The highest BCUT2D eigenvalue weighted by molar-refractivity contribution is 7.80. The molecule has 2 aromatic rings. The number of carbonyl (C=O) groups is 1. The van der Waals surface area contributed by atoms with Crippen LogP contribution in [-0.4, -0.2) is 17.2 Å². The molecule has 0 radical (unpaired) electrons. The zero-order chi connectivity index (χ0) is 16.7. The number of nitrogens with one attached hydrogen (secondary N) is 2. The minimum atomic E-state index is -0.0608. The summed E-state index contributed by atoms with van der Waals surface area (Å²) in [4.78, 5) is 12.1. The number of thiocarbonyl (C=S) groups is 1. The normalized spacial score (nSPS) is 10.2. The first-order valence-electron chi connectivity index (χ1n) is 7.44. The van der Waals surface area contributed by atoms with Crippen LogP contribution in [0.1, 0.15) is 19.4 Å². The number of ether oxygens (including phenoxy) is 1. The smallest absolute Gasteiger partial charge is 0.261 e. The number of hydrogen-bond donors (Lipinski definition) is 2. The monoisotopic (exact) mass is 328 g/mol. The zero-order valence-corrected chi connectivity index (χ0v) is 14.0. The zero-order valence-electron chi connectivity index (χ0n) is 13.2. The Kier molecular flexibility index (Phi) is 6.11. The molecule has 0 aliphatic carbocycles. The van der Waals surface area contributed by atoms with E-state index in [0.717, 1.165) is 16.9 Å². The predicted molar refractivity (Wildman–Crippen MR) is 97.7 cm³/mol. The van der Waals surface area contributed by atoms with Gasteiger partial charge in [-0.2, -0.15) is 0 Å². The summed E-state index contributed by atoms with van der Waals surface area (Å²) < 4.78 is 5.40. The number of para-hydroxylation sites is 1. The van der Waals surface area contributed by atoms with Gasteiger partial charge in [0, 0.05) is 11.4 Å². The summed E-state index contributed by atoms with van der Waals surface area (Å²) in [5.41, 5.74) is 2.50. The highest BCUT2D eigenvalue weighted by Gasteiger charge is 2.06. The van der Waals surface area contributed by atoms with E-state index in [2.05, 4.69) is 10.6 Å². The summed E-state index contributed by atoms with van der Waals surface area (Å²) in [7, 11) is 0. The molecule has 2 aromatic carbocycles. The molecular weight excluding hydrogens is 308 g/mol. The molecule has 23 heavy (non-hydrogen) atoms. The molecule has 4 nitrogen and oxygen atoms in total. The van der Waals surface area contributed by atoms with E-state index in [1.54, 1.807) is 0 Å². The summed E-state index contributed by atoms with van der Waals surface area (Å²) in [6.45, 7) is 3.83. The highest BCUT2D eigenvalue weighted by Crippen LogP contribution is 2.13. The van der Waals surface area contributed by atoms with Gasteiger partial charge in [-0.3, -0.25) is 4.79 Å². The van der Waals surface area contributed by atoms with Crippen molar-refractivity contribution >= 4 is 34.7 Å². The molecule has 0 unspecified atom stereocenters. The summed E-state index contributed by atoms with van der Waals surface area (Å²) in [5.74, 6) is -0.0608. The number of benzene rings is 2. The topological polar surface area (TPSA) is 50.4 Å². The molecule has 5 heteroatoms. The Bertz CT molecular complexity index is 672. The SMILES string of the molecule is CC(C)OC(=S)Nc1cccc(CC(=O)Nc2ccccc2)c1. The van der Waals surface area contributed by atoms with E-state index < -0.39 is 0 Å². The maximum Gasteiger partial charge on any atom is 0.261 e. The fourth-order valence-corrected chi connectivity index (χ4v) is 2.34. The second kappa shape index (κ2) is 8.29. The first-order valence-corrected chi connectivity index (χ1v) is 7.85. The van der Waals surface area contributed by atoms with Crippen molar-refractivity contribution in [1.82, 2.24) is 0 Å². The van der Waals surface area contributed by atoms with E-state index in [4.69, 9.17) is 17.0 Å². The van der Waals surface area contributed by atoms with Gasteiger partial charge in [0.15, 0.2) is 0 Å². The van der Waals surface area contributed by atoms with E-state index in [-0.39, 0.29) is 12.0 Å². The molecule has 2 rings (SSSR count). The Morgan fingerprint density at radius 1 is 1.04 bits per heavy atom. The summed E-state index contributed by atoms with van der Waals surface area (Å²) >= 11 is 5.12. The molecule has 0 heterocycles. The Labute approximate surface area is 141 Å². The first kappa shape index (κ1) is 17.0. The van der Waals surface area contributed by atoms with Crippen molar-refractivity contribution < 1.29 is 9.53 Å². The maximum absolute atomic E-state index is 12.1. The minimum absolute atomic E-state index is 0.0230. The third-order valence-electron chi connectivity index (χ3n) is 2.94. The lowest BCUT2D eigenvalue weighted by atomic mass is 10.1. The predicted octanol–water partition coefficient (Wildman–Crippen LogP) is 3.99. The molecule has 0 bridgehead atoms. The quantitative estimate of drug-likeness (QED) is 0.815. The number of amides is 1. The average molecular weight is 328 g/mol. The molecule has 120 valence electrons. The summed E-state index contributed by atoms with van der Waals surface area (Å²) in [6, 6.07) is 17.0. The molecular formula is C18H20N2O2S. The van der Waals surface area contributed by atoms with Crippen LogP contribution in [0.3, 0.4) is 0 Å². The van der Waals surface area contributed by atoms with Crippen LogP contribution in [-0.2, 0) is 16.0 Å². The van der Waals surface area contributed by atoms with E-state index >= 15 is 0 Å². The average Bonchev–Trinajstić information content (AvgIpc) is 2.47. The van der Waals surface area contributed by atoms with Gasteiger partial charge in [0.2, 0.25) is 5.91 Å². The van der Waals surface area contributed by atoms with Crippen LogP contribution in [0.5, 0.6) is 0 Å². The lowest BCUT2D eigenvalue weighted by Crippen LogP contribution is -2.18. The van der Waals surface area contributed by atoms with Gasteiger partial charge in [0.25, 0.3) is 5.17 Å². The van der Waals surface area contributed by atoms with E-state index in [1.165, 1.54) is 0 Å². The van der Waals surface area contributed by atoms with Crippen molar-refractivity contribution in [3.05, 3.63) is 60.2 Å². The number of carbonyl (C=O) groups excluding carboxylic acids is 1. The van der Waals surface area contributed by atoms with Crippen LogP contribution in [0.2, 0.25) is 0 Å². The van der Waals surface area contributed by atoms with Gasteiger partial charge in [0.1, 0.15) is 0 Å². The Balaban J connectivity index is 1.94. The van der Waals surface area contributed by atoms with Crippen molar-refractivity contribution in [3.63, 3.8) is 0 Å². The number of rotatable bonds is 5. The molecule has 0 spiro atoms. The van der Waals surface area contributed by atoms with Crippen LogP contribution in [0.15, 0.2) is 54.6 Å².